The zero-order valence-corrected chi connectivity index (χ0v) is 9.44. The average Bonchev–Trinajstić information content (AvgIpc) is 2.68. The molecule has 1 rings (SSSR count). The summed E-state index contributed by atoms with van der Waals surface area (Å²) in [5.74, 6) is 0.0478. The first-order valence-corrected chi connectivity index (χ1v) is 5.49. The van der Waals surface area contributed by atoms with Crippen molar-refractivity contribution in [3.05, 3.63) is 18.0 Å². The van der Waals surface area contributed by atoms with Crippen molar-refractivity contribution < 1.29 is 4.79 Å². The number of nitrogens with zero attached hydrogens (tertiary/aromatic N) is 2. The van der Waals surface area contributed by atoms with Crippen LogP contribution in [0.4, 0.5) is 0 Å². The Kier molecular flexibility index (Phi) is 4.49. The number of aromatic nitrogens is 2. The lowest BCUT2D eigenvalue weighted by Crippen LogP contribution is -2.22. The molecule has 1 atom stereocenters. The summed E-state index contributed by atoms with van der Waals surface area (Å²) in [5, 5.41) is 4.13. The topological polar surface area (TPSA) is 60.9 Å². The van der Waals surface area contributed by atoms with Crippen LogP contribution in [0, 0.1) is 5.92 Å². The van der Waals surface area contributed by atoms with Gasteiger partial charge < -0.3 is 5.73 Å². The monoisotopic (exact) mass is 209 g/mol. The maximum Gasteiger partial charge on any atom is 0.170 e. The molecule has 84 valence electrons. The van der Waals surface area contributed by atoms with Gasteiger partial charge in [0.1, 0.15) is 0 Å². The van der Waals surface area contributed by atoms with Crippen LogP contribution in [0.2, 0.25) is 0 Å². The number of nitrogens with two attached hydrogens (primary N) is 1. The van der Waals surface area contributed by atoms with E-state index in [0.717, 1.165) is 19.4 Å². The fourth-order valence-electron chi connectivity index (χ4n) is 1.54. The minimum absolute atomic E-state index is 0.0655. The Morgan fingerprint density at radius 1 is 1.60 bits per heavy atom. The van der Waals surface area contributed by atoms with Crippen molar-refractivity contribution >= 4 is 5.78 Å². The van der Waals surface area contributed by atoms with Crippen molar-refractivity contribution in [1.82, 2.24) is 9.78 Å². The van der Waals surface area contributed by atoms with E-state index in [2.05, 4.69) is 12.0 Å². The van der Waals surface area contributed by atoms with E-state index in [1.165, 1.54) is 0 Å². The molecule has 1 heterocycles. The van der Waals surface area contributed by atoms with Gasteiger partial charge in [-0.2, -0.15) is 5.10 Å². The van der Waals surface area contributed by atoms with E-state index in [9.17, 15) is 4.79 Å². The molecule has 15 heavy (non-hydrogen) atoms. The van der Waals surface area contributed by atoms with Gasteiger partial charge in [0, 0.05) is 25.2 Å². The standard InChI is InChI=1S/C11H19N3O/c1-3-5-14-8-10(7-13-14)11(15)9(4-2)6-12/h7-9H,3-6,12H2,1-2H3. The lowest BCUT2D eigenvalue weighted by molar-refractivity contribution is 0.0921. The summed E-state index contributed by atoms with van der Waals surface area (Å²) < 4.78 is 1.80. The lowest BCUT2D eigenvalue weighted by Gasteiger charge is -2.08. The van der Waals surface area contributed by atoms with Crippen molar-refractivity contribution in [3.8, 4) is 0 Å². The molecule has 4 heteroatoms. The smallest absolute Gasteiger partial charge is 0.170 e. The van der Waals surface area contributed by atoms with Gasteiger partial charge in [-0.15, -0.1) is 0 Å². The summed E-state index contributed by atoms with van der Waals surface area (Å²) >= 11 is 0. The SMILES string of the molecule is CCCn1cc(C(=O)C(CC)CN)cn1. The van der Waals surface area contributed by atoms with Crippen LogP contribution in [0.1, 0.15) is 37.0 Å². The molecule has 0 saturated heterocycles. The van der Waals surface area contributed by atoms with Crippen LogP contribution < -0.4 is 5.73 Å². The third kappa shape index (κ3) is 2.89. The number of ketones is 1. The van der Waals surface area contributed by atoms with Gasteiger partial charge in [0.15, 0.2) is 5.78 Å². The van der Waals surface area contributed by atoms with Crippen molar-refractivity contribution in [2.75, 3.05) is 6.54 Å². The molecule has 1 aromatic heterocycles. The van der Waals surface area contributed by atoms with E-state index in [1.807, 2.05) is 13.1 Å². The van der Waals surface area contributed by atoms with Crippen molar-refractivity contribution in [2.45, 2.75) is 33.2 Å². The van der Waals surface area contributed by atoms with Gasteiger partial charge in [-0.25, -0.2) is 0 Å². The molecule has 0 aromatic carbocycles. The molecule has 4 nitrogen and oxygen atoms in total. The van der Waals surface area contributed by atoms with Crippen LogP contribution in [0.5, 0.6) is 0 Å². The highest BCUT2D eigenvalue weighted by Gasteiger charge is 2.17. The zero-order chi connectivity index (χ0) is 11.3. The second kappa shape index (κ2) is 5.66. The highest BCUT2D eigenvalue weighted by Crippen LogP contribution is 2.10. The van der Waals surface area contributed by atoms with Gasteiger partial charge in [0.25, 0.3) is 0 Å². The average molecular weight is 209 g/mol. The Labute approximate surface area is 90.5 Å². The molecule has 0 saturated carbocycles. The number of rotatable bonds is 6. The van der Waals surface area contributed by atoms with Crippen LogP contribution in [0.25, 0.3) is 0 Å². The van der Waals surface area contributed by atoms with Crippen LogP contribution in [-0.2, 0) is 6.54 Å². The Hall–Kier alpha value is -1.16. The number of aryl methyl sites for hydroxylation is 1. The molecule has 1 unspecified atom stereocenters. The molecule has 0 aliphatic carbocycles. The van der Waals surface area contributed by atoms with Gasteiger partial charge in [0.05, 0.1) is 11.8 Å². The fourth-order valence-corrected chi connectivity index (χ4v) is 1.54. The number of carbonyl (C=O) groups excluding carboxylic acids is 1. The van der Waals surface area contributed by atoms with Gasteiger partial charge in [-0.05, 0) is 12.8 Å². The van der Waals surface area contributed by atoms with Crippen LogP contribution in [0.15, 0.2) is 12.4 Å². The molecule has 1 aromatic rings. The molecule has 0 bridgehead atoms. The van der Waals surface area contributed by atoms with E-state index < -0.39 is 0 Å². The van der Waals surface area contributed by atoms with E-state index in [-0.39, 0.29) is 11.7 Å². The molecule has 2 N–H and O–H groups in total. The Bertz CT molecular complexity index is 315. The van der Waals surface area contributed by atoms with Gasteiger partial charge >= 0.3 is 0 Å². The third-order valence-electron chi connectivity index (χ3n) is 2.52. The first-order chi connectivity index (χ1) is 7.22. The predicted octanol–water partition coefficient (Wildman–Crippen LogP) is 1.46. The van der Waals surface area contributed by atoms with E-state index in [1.54, 1.807) is 10.9 Å². The second-order valence-electron chi connectivity index (χ2n) is 3.70. The quantitative estimate of drug-likeness (QED) is 0.721. The summed E-state index contributed by atoms with van der Waals surface area (Å²) in [5.41, 5.74) is 6.22. The maximum atomic E-state index is 11.9. The Balaban J connectivity index is 2.73. The highest BCUT2D eigenvalue weighted by atomic mass is 16.1. The van der Waals surface area contributed by atoms with Crippen molar-refractivity contribution in [2.24, 2.45) is 11.7 Å². The van der Waals surface area contributed by atoms with Gasteiger partial charge in [-0.3, -0.25) is 9.48 Å². The Morgan fingerprint density at radius 3 is 2.87 bits per heavy atom. The highest BCUT2D eigenvalue weighted by molar-refractivity contribution is 5.97. The van der Waals surface area contributed by atoms with Crippen LogP contribution in [-0.4, -0.2) is 22.1 Å². The minimum Gasteiger partial charge on any atom is -0.330 e. The molecule has 0 radical (unpaired) electrons. The molecule has 0 aliphatic rings. The number of carbonyl (C=O) groups is 1. The van der Waals surface area contributed by atoms with Crippen molar-refractivity contribution in [3.63, 3.8) is 0 Å². The lowest BCUT2D eigenvalue weighted by atomic mass is 9.98. The normalized spacial score (nSPS) is 12.7. The third-order valence-corrected chi connectivity index (χ3v) is 2.52. The first kappa shape index (κ1) is 11.9. The predicted molar refractivity (Wildman–Crippen MR) is 59.7 cm³/mol. The van der Waals surface area contributed by atoms with Crippen LogP contribution >= 0.6 is 0 Å². The summed E-state index contributed by atoms with van der Waals surface area (Å²) in [6.07, 6.45) is 5.25. The summed E-state index contributed by atoms with van der Waals surface area (Å²) in [7, 11) is 0. The summed E-state index contributed by atoms with van der Waals surface area (Å²) in [6, 6.07) is 0. The minimum atomic E-state index is -0.0655. The van der Waals surface area contributed by atoms with E-state index >= 15 is 0 Å². The number of hydrogen-bond donors (Lipinski definition) is 1. The van der Waals surface area contributed by atoms with Crippen molar-refractivity contribution in [1.29, 1.82) is 0 Å². The number of hydrogen-bond acceptors (Lipinski definition) is 3. The molecule has 0 aliphatic heterocycles. The molecular weight excluding hydrogens is 190 g/mol. The van der Waals surface area contributed by atoms with E-state index in [4.69, 9.17) is 5.73 Å². The molecule has 0 spiro atoms. The first-order valence-electron chi connectivity index (χ1n) is 5.49. The fraction of sp³-hybridized carbons (Fsp3) is 0.636. The molecular formula is C11H19N3O. The van der Waals surface area contributed by atoms with E-state index in [0.29, 0.717) is 12.1 Å². The van der Waals surface area contributed by atoms with Crippen LogP contribution in [0.3, 0.4) is 0 Å². The molecule has 0 amide bonds. The second-order valence-corrected chi connectivity index (χ2v) is 3.70. The van der Waals surface area contributed by atoms with Gasteiger partial charge in [0.2, 0.25) is 0 Å². The summed E-state index contributed by atoms with van der Waals surface area (Å²) in [6.45, 7) is 5.32. The Morgan fingerprint density at radius 2 is 2.33 bits per heavy atom. The molecule has 0 fully saturated rings. The largest absolute Gasteiger partial charge is 0.330 e. The summed E-state index contributed by atoms with van der Waals surface area (Å²) in [4.78, 5) is 11.9. The van der Waals surface area contributed by atoms with Gasteiger partial charge in [-0.1, -0.05) is 13.8 Å². The maximum absolute atomic E-state index is 11.9. The number of Topliss-reactive ketones (excluding diaryl/α,β-unsaturated/α-hetero) is 1. The zero-order valence-electron chi connectivity index (χ0n) is 9.44.